The predicted octanol–water partition coefficient (Wildman–Crippen LogP) is 1.68. The Kier molecular flexibility index (Phi) is 4.42. The first kappa shape index (κ1) is 14.1. The van der Waals surface area contributed by atoms with Gasteiger partial charge in [-0.25, -0.2) is 0 Å². The van der Waals surface area contributed by atoms with E-state index in [1.807, 2.05) is 0 Å². The van der Waals surface area contributed by atoms with Crippen molar-refractivity contribution in [2.24, 2.45) is 0 Å². The number of rotatable bonds is 5. The molecule has 0 fully saturated rings. The summed E-state index contributed by atoms with van der Waals surface area (Å²) in [6, 6.07) is 7.47. The highest BCUT2D eigenvalue weighted by Gasteiger charge is 2.16. The van der Waals surface area contributed by atoms with Crippen molar-refractivity contribution in [3.05, 3.63) is 18.2 Å². The van der Waals surface area contributed by atoms with Crippen LogP contribution in [0.5, 0.6) is 11.5 Å². The van der Waals surface area contributed by atoms with E-state index in [1.165, 1.54) is 16.4 Å². The van der Waals surface area contributed by atoms with E-state index in [0.29, 0.717) is 22.3 Å². The van der Waals surface area contributed by atoms with Crippen molar-refractivity contribution < 1.29 is 9.47 Å². The Bertz CT molecular complexity index is 637. The van der Waals surface area contributed by atoms with Crippen molar-refractivity contribution in [1.82, 2.24) is 20.2 Å². The highest BCUT2D eigenvalue weighted by atomic mass is 32.2. The van der Waals surface area contributed by atoms with Crippen LogP contribution in [0.15, 0.2) is 23.4 Å². The molecule has 0 spiro atoms. The second-order valence-corrected chi connectivity index (χ2v) is 5.11. The van der Waals surface area contributed by atoms with E-state index in [0.717, 1.165) is 0 Å². The monoisotopic (exact) mass is 291 g/mol. The molecule has 0 saturated heterocycles. The molecule has 7 nitrogen and oxygen atoms in total. The molecule has 8 heteroatoms. The molecule has 0 radical (unpaired) electrons. The summed E-state index contributed by atoms with van der Waals surface area (Å²) < 4.78 is 12.0. The SMILES string of the molecule is COc1ccc(OC)c(-n2nnnc2SC(C)C#N)c1. The van der Waals surface area contributed by atoms with Crippen LogP contribution in [-0.4, -0.2) is 39.7 Å². The molecule has 1 unspecified atom stereocenters. The number of thioether (sulfide) groups is 1. The quantitative estimate of drug-likeness (QED) is 0.775. The Hall–Kier alpha value is -2.27. The maximum Gasteiger partial charge on any atom is 0.215 e. The van der Waals surface area contributed by atoms with Crippen LogP contribution in [0.2, 0.25) is 0 Å². The first-order valence-corrected chi connectivity index (χ1v) is 6.64. The Morgan fingerprint density at radius 1 is 1.35 bits per heavy atom. The molecule has 2 aromatic rings. The van der Waals surface area contributed by atoms with Gasteiger partial charge in [-0.05, 0) is 29.5 Å². The summed E-state index contributed by atoms with van der Waals surface area (Å²) in [6.07, 6.45) is 0. The molecule has 1 heterocycles. The molecule has 2 rings (SSSR count). The number of hydrogen-bond donors (Lipinski definition) is 0. The molecule has 1 aromatic carbocycles. The Balaban J connectivity index is 2.46. The average molecular weight is 291 g/mol. The molecule has 0 aliphatic rings. The lowest BCUT2D eigenvalue weighted by Gasteiger charge is -2.11. The zero-order valence-corrected chi connectivity index (χ0v) is 12.1. The molecule has 0 aliphatic carbocycles. The number of nitrogens with zero attached hydrogens (tertiary/aromatic N) is 5. The fraction of sp³-hybridized carbons (Fsp3) is 0.333. The van der Waals surface area contributed by atoms with Crippen molar-refractivity contribution in [3.8, 4) is 23.3 Å². The summed E-state index contributed by atoms with van der Waals surface area (Å²) in [4.78, 5) is 0. The number of methoxy groups -OCH3 is 2. The van der Waals surface area contributed by atoms with Crippen LogP contribution in [0.3, 0.4) is 0 Å². The van der Waals surface area contributed by atoms with E-state index in [4.69, 9.17) is 14.7 Å². The molecule has 0 saturated carbocycles. The number of ether oxygens (including phenoxy) is 2. The van der Waals surface area contributed by atoms with Crippen LogP contribution in [0, 0.1) is 11.3 Å². The van der Waals surface area contributed by atoms with Gasteiger partial charge in [-0.3, -0.25) is 0 Å². The fourth-order valence-corrected chi connectivity index (χ4v) is 2.24. The van der Waals surface area contributed by atoms with Crippen LogP contribution < -0.4 is 9.47 Å². The molecule has 0 amide bonds. The summed E-state index contributed by atoms with van der Waals surface area (Å²) >= 11 is 1.27. The lowest BCUT2D eigenvalue weighted by Crippen LogP contribution is -2.04. The minimum atomic E-state index is -0.253. The van der Waals surface area contributed by atoms with Crippen molar-refractivity contribution in [2.75, 3.05) is 14.2 Å². The lowest BCUT2D eigenvalue weighted by molar-refractivity contribution is 0.399. The van der Waals surface area contributed by atoms with Gasteiger partial charge < -0.3 is 9.47 Å². The number of benzene rings is 1. The van der Waals surface area contributed by atoms with Gasteiger partial charge >= 0.3 is 0 Å². The summed E-state index contributed by atoms with van der Waals surface area (Å²) in [6.45, 7) is 1.78. The summed E-state index contributed by atoms with van der Waals surface area (Å²) in [5.74, 6) is 1.28. The largest absolute Gasteiger partial charge is 0.497 e. The fourth-order valence-electron chi connectivity index (χ4n) is 1.55. The highest BCUT2D eigenvalue weighted by Crippen LogP contribution is 2.30. The third kappa shape index (κ3) is 2.83. The first-order valence-electron chi connectivity index (χ1n) is 5.76. The van der Waals surface area contributed by atoms with Gasteiger partial charge in [0.1, 0.15) is 17.2 Å². The van der Waals surface area contributed by atoms with Crippen molar-refractivity contribution in [1.29, 1.82) is 5.26 Å². The van der Waals surface area contributed by atoms with Crippen molar-refractivity contribution in [3.63, 3.8) is 0 Å². The molecule has 20 heavy (non-hydrogen) atoms. The number of tetrazole rings is 1. The predicted molar refractivity (Wildman–Crippen MR) is 73.2 cm³/mol. The Morgan fingerprint density at radius 2 is 2.15 bits per heavy atom. The number of aromatic nitrogens is 4. The topological polar surface area (TPSA) is 85.8 Å². The molecule has 104 valence electrons. The third-order valence-corrected chi connectivity index (χ3v) is 3.44. The summed E-state index contributed by atoms with van der Waals surface area (Å²) in [5, 5.41) is 20.7. The Morgan fingerprint density at radius 3 is 2.80 bits per heavy atom. The normalized spacial score (nSPS) is 11.7. The minimum Gasteiger partial charge on any atom is -0.497 e. The molecular formula is C12H13N5O2S. The lowest BCUT2D eigenvalue weighted by atomic mass is 10.3. The number of hydrogen-bond acceptors (Lipinski definition) is 7. The Labute approximate surface area is 120 Å². The highest BCUT2D eigenvalue weighted by molar-refractivity contribution is 8.00. The van der Waals surface area contributed by atoms with E-state index in [2.05, 4.69) is 21.6 Å². The van der Waals surface area contributed by atoms with Crippen LogP contribution in [0.25, 0.3) is 5.69 Å². The molecule has 0 N–H and O–H groups in total. The summed E-state index contributed by atoms with van der Waals surface area (Å²) in [7, 11) is 3.15. The van der Waals surface area contributed by atoms with E-state index >= 15 is 0 Å². The molecular weight excluding hydrogens is 278 g/mol. The second kappa shape index (κ2) is 6.25. The second-order valence-electron chi connectivity index (χ2n) is 3.80. The van der Waals surface area contributed by atoms with Gasteiger partial charge in [0.15, 0.2) is 0 Å². The molecule has 0 bridgehead atoms. The maximum atomic E-state index is 8.88. The third-order valence-electron chi connectivity index (χ3n) is 2.52. The van der Waals surface area contributed by atoms with Gasteiger partial charge in [-0.15, -0.1) is 5.10 Å². The van der Waals surface area contributed by atoms with Crippen LogP contribution >= 0.6 is 11.8 Å². The minimum absolute atomic E-state index is 0.253. The van der Waals surface area contributed by atoms with E-state index in [1.54, 1.807) is 39.3 Å². The van der Waals surface area contributed by atoms with Crippen molar-refractivity contribution >= 4 is 11.8 Å². The van der Waals surface area contributed by atoms with Gasteiger partial charge in [0, 0.05) is 6.07 Å². The van der Waals surface area contributed by atoms with Crippen LogP contribution in [0.4, 0.5) is 0 Å². The van der Waals surface area contributed by atoms with Crippen LogP contribution in [0.1, 0.15) is 6.92 Å². The maximum absolute atomic E-state index is 8.88. The molecule has 0 aliphatic heterocycles. The van der Waals surface area contributed by atoms with E-state index < -0.39 is 0 Å². The van der Waals surface area contributed by atoms with Gasteiger partial charge in [-0.1, -0.05) is 11.8 Å². The zero-order valence-electron chi connectivity index (χ0n) is 11.3. The molecule has 1 aromatic heterocycles. The standard InChI is InChI=1S/C12H13N5O2S/c1-8(7-13)20-12-14-15-16-17(12)10-6-9(18-2)4-5-11(10)19-3/h4-6,8H,1-3H3. The van der Waals surface area contributed by atoms with Crippen LogP contribution in [-0.2, 0) is 0 Å². The number of nitriles is 1. The van der Waals surface area contributed by atoms with Crippen molar-refractivity contribution in [2.45, 2.75) is 17.3 Å². The van der Waals surface area contributed by atoms with E-state index in [-0.39, 0.29) is 5.25 Å². The first-order chi connectivity index (χ1) is 9.69. The van der Waals surface area contributed by atoms with Gasteiger partial charge in [-0.2, -0.15) is 9.94 Å². The van der Waals surface area contributed by atoms with Gasteiger partial charge in [0.25, 0.3) is 0 Å². The molecule has 1 atom stereocenters. The van der Waals surface area contributed by atoms with Gasteiger partial charge in [0.2, 0.25) is 5.16 Å². The summed E-state index contributed by atoms with van der Waals surface area (Å²) in [5.41, 5.74) is 0.657. The smallest absolute Gasteiger partial charge is 0.215 e. The average Bonchev–Trinajstić information content (AvgIpc) is 2.94. The zero-order chi connectivity index (χ0) is 14.5. The van der Waals surface area contributed by atoms with Gasteiger partial charge in [0.05, 0.1) is 25.5 Å². The van der Waals surface area contributed by atoms with E-state index in [9.17, 15) is 0 Å².